The number of aliphatic hydroxyl groups is 1. The van der Waals surface area contributed by atoms with Crippen molar-refractivity contribution in [2.75, 3.05) is 6.61 Å². The van der Waals surface area contributed by atoms with Gasteiger partial charge in [0.1, 0.15) is 0 Å². The minimum Gasteiger partial charge on any atom is -0.396 e. The molecule has 2 nitrogen and oxygen atoms in total. The summed E-state index contributed by atoms with van der Waals surface area (Å²) in [6, 6.07) is 1.31. The van der Waals surface area contributed by atoms with Crippen molar-refractivity contribution in [1.29, 1.82) is 0 Å². The van der Waals surface area contributed by atoms with E-state index in [-0.39, 0.29) is 0 Å². The van der Waals surface area contributed by atoms with Crippen LogP contribution < -0.4 is 5.32 Å². The number of unbranched alkanes of at least 4 members (excludes halogenated alkanes) is 1. The molecule has 0 aromatic heterocycles. The van der Waals surface area contributed by atoms with Crippen LogP contribution in [0.15, 0.2) is 12.7 Å². The molecule has 0 aromatic rings. The maximum Gasteiger partial charge on any atom is 0.0431 e. The van der Waals surface area contributed by atoms with Crippen molar-refractivity contribution >= 4 is 0 Å². The fraction of sp³-hybridized carbons (Fsp3) is 0.857. The molecule has 1 fully saturated rings. The standard InChI is InChI=1S/C14H27NO/c1-3-4-5-7-13-10-9-12(2)14(15-13)8-6-11-16/h3,12-16H,1,4-11H2,2H3/t12-,13-,14+/m1/s1. The van der Waals surface area contributed by atoms with Crippen LogP contribution in [0.3, 0.4) is 0 Å². The van der Waals surface area contributed by atoms with Crippen LogP contribution >= 0.6 is 0 Å². The molecule has 1 rings (SSSR count). The largest absolute Gasteiger partial charge is 0.396 e. The van der Waals surface area contributed by atoms with Crippen LogP contribution in [0.4, 0.5) is 0 Å². The molecule has 0 unspecified atom stereocenters. The van der Waals surface area contributed by atoms with E-state index in [0.29, 0.717) is 18.7 Å². The van der Waals surface area contributed by atoms with Gasteiger partial charge in [0.2, 0.25) is 0 Å². The molecule has 0 aliphatic carbocycles. The Kier molecular flexibility index (Phi) is 6.74. The van der Waals surface area contributed by atoms with Crippen LogP contribution in [0.5, 0.6) is 0 Å². The lowest BCUT2D eigenvalue weighted by molar-refractivity contribution is 0.204. The van der Waals surface area contributed by atoms with Gasteiger partial charge in [0.05, 0.1) is 0 Å². The minimum atomic E-state index is 0.325. The number of rotatable bonds is 7. The molecule has 1 saturated heterocycles. The second kappa shape index (κ2) is 7.86. The zero-order valence-electron chi connectivity index (χ0n) is 10.6. The van der Waals surface area contributed by atoms with Gasteiger partial charge >= 0.3 is 0 Å². The Morgan fingerprint density at radius 3 is 2.81 bits per heavy atom. The normalized spacial score (nSPS) is 30.2. The Bertz CT molecular complexity index is 193. The van der Waals surface area contributed by atoms with Crippen molar-refractivity contribution in [3.05, 3.63) is 12.7 Å². The van der Waals surface area contributed by atoms with Gasteiger partial charge in [-0.3, -0.25) is 0 Å². The first-order chi connectivity index (χ1) is 7.77. The molecule has 0 radical (unpaired) electrons. The third kappa shape index (κ3) is 4.67. The van der Waals surface area contributed by atoms with Gasteiger partial charge in [-0.05, 0) is 50.9 Å². The van der Waals surface area contributed by atoms with E-state index in [4.69, 9.17) is 5.11 Å². The van der Waals surface area contributed by atoms with E-state index < -0.39 is 0 Å². The predicted octanol–water partition coefficient (Wildman–Crippen LogP) is 2.87. The first-order valence-electron chi connectivity index (χ1n) is 6.75. The summed E-state index contributed by atoms with van der Waals surface area (Å²) < 4.78 is 0. The van der Waals surface area contributed by atoms with Crippen molar-refractivity contribution in [2.24, 2.45) is 5.92 Å². The smallest absolute Gasteiger partial charge is 0.0431 e. The van der Waals surface area contributed by atoms with Gasteiger partial charge in [-0.15, -0.1) is 6.58 Å². The Balaban J connectivity index is 2.26. The van der Waals surface area contributed by atoms with Gasteiger partial charge in [-0.25, -0.2) is 0 Å². The highest BCUT2D eigenvalue weighted by Crippen LogP contribution is 2.24. The molecule has 1 aliphatic heterocycles. The molecule has 2 heteroatoms. The maximum absolute atomic E-state index is 8.88. The first-order valence-corrected chi connectivity index (χ1v) is 6.75. The fourth-order valence-corrected chi connectivity index (χ4v) is 2.63. The van der Waals surface area contributed by atoms with Gasteiger partial charge < -0.3 is 10.4 Å². The molecule has 3 atom stereocenters. The number of allylic oxidation sites excluding steroid dienone is 1. The number of hydrogen-bond acceptors (Lipinski definition) is 2. The van der Waals surface area contributed by atoms with Gasteiger partial charge in [-0.1, -0.05) is 13.0 Å². The molecular weight excluding hydrogens is 198 g/mol. The van der Waals surface area contributed by atoms with Crippen molar-refractivity contribution < 1.29 is 5.11 Å². The van der Waals surface area contributed by atoms with E-state index >= 15 is 0 Å². The predicted molar refractivity (Wildman–Crippen MR) is 69.5 cm³/mol. The summed E-state index contributed by atoms with van der Waals surface area (Å²) in [6.45, 7) is 6.42. The number of nitrogens with one attached hydrogen (secondary N) is 1. The monoisotopic (exact) mass is 225 g/mol. The van der Waals surface area contributed by atoms with Gasteiger partial charge in [-0.2, -0.15) is 0 Å². The summed E-state index contributed by atoms with van der Waals surface area (Å²) in [6.07, 6.45) is 10.4. The Labute approximate surface area is 100 Å². The van der Waals surface area contributed by atoms with Crippen LogP contribution in [0.2, 0.25) is 0 Å². The summed E-state index contributed by atoms with van der Waals surface area (Å²) in [7, 11) is 0. The van der Waals surface area contributed by atoms with Crippen LogP contribution in [0.25, 0.3) is 0 Å². The molecule has 0 bridgehead atoms. The number of aliphatic hydroxyl groups excluding tert-OH is 1. The van der Waals surface area contributed by atoms with Crippen molar-refractivity contribution in [3.8, 4) is 0 Å². The highest BCUT2D eigenvalue weighted by Gasteiger charge is 2.25. The van der Waals surface area contributed by atoms with Gasteiger partial charge in [0, 0.05) is 18.7 Å². The average Bonchev–Trinajstić information content (AvgIpc) is 2.30. The van der Waals surface area contributed by atoms with E-state index in [0.717, 1.165) is 25.2 Å². The summed E-state index contributed by atoms with van der Waals surface area (Å²) in [5.74, 6) is 0.766. The van der Waals surface area contributed by atoms with Crippen LogP contribution in [-0.2, 0) is 0 Å². The molecule has 0 spiro atoms. The second-order valence-electron chi connectivity index (χ2n) is 5.11. The molecule has 94 valence electrons. The number of hydrogen-bond donors (Lipinski definition) is 2. The van der Waals surface area contributed by atoms with Crippen LogP contribution in [0.1, 0.15) is 51.9 Å². The molecule has 2 N–H and O–H groups in total. The summed E-state index contributed by atoms with van der Waals surface area (Å²) in [5.41, 5.74) is 0. The molecule has 1 aliphatic rings. The van der Waals surface area contributed by atoms with Crippen LogP contribution in [-0.4, -0.2) is 23.8 Å². The Morgan fingerprint density at radius 1 is 1.31 bits per heavy atom. The van der Waals surface area contributed by atoms with Crippen LogP contribution in [0, 0.1) is 5.92 Å². The third-order valence-corrected chi connectivity index (χ3v) is 3.74. The lowest BCUT2D eigenvalue weighted by atomic mass is 9.85. The third-order valence-electron chi connectivity index (χ3n) is 3.74. The van der Waals surface area contributed by atoms with E-state index in [1.165, 1.54) is 25.7 Å². The molecule has 16 heavy (non-hydrogen) atoms. The maximum atomic E-state index is 8.88. The molecule has 0 amide bonds. The minimum absolute atomic E-state index is 0.325. The summed E-state index contributed by atoms with van der Waals surface area (Å²) in [4.78, 5) is 0. The highest BCUT2D eigenvalue weighted by molar-refractivity contribution is 4.85. The first kappa shape index (κ1) is 13.7. The highest BCUT2D eigenvalue weighted by atomic mass is 16.2. The fourth-order valence-electron chi connectivity index (χ4n) is 2.63. The molecule has 0 saturated carbocycles. The zero-order chi connectivity index (χ0) is 11.8. The Hall–Kier alpha value is -0.340. The Morgan fingerprint density at radius 2 is 2.12 bits per heavy atom. The van der Waals surface area contributed by atoms with E-state index in [1.54, 1.807) is 0 Å². The zero-order valence-corrected chi connectivity index (χ0v) is 10.6. The van der Waals surface area contributed by atoms with Crippen molar-refractivity contribution in [1.82, 2.24) is 5.32 Å². The topological polar surface area (TPSA) is 32.3 Å². The molecular formula is C14H27NO. The van der Waals surface area contributed by atoms with Crippen molar-refractivity contribution in [2.45, 2.75) is 64.0 Å². The van der Waals surface area contributed by atoms with Crippen molar-refractivity contribution in [3.63, 3.8) is 0 Å². The van der Waals surface area contributed by atoms with E-state index in [9.17, 15) is 0 Å². The lowest BCUT2D eigenvalue weighted by Crippen LogP contribution is -2.46. The second-order valence-corrected chi connectivity index (χ2v) is 5.11. The number of piperidine rings is 1. The lowest BCUT2D eigenvalue weighted by Gasteiger charge is -2.36. The van der Waals surface area contributed by atoms with Gasteiger partial charge in [0.25, 0.3) is 0 Å². The molecule has 1 heterocycles. The average molecular weight is 225 g/mol. The van der Waals surface area contributed by atoms with E-state index in [2.05, 4.69) is 18.8 Å². The SMILES string of the molecule is C=CCCC[C@@H]1CC[C@@H](C)[C@H](CCCO)N1. The summed E-state index contributed by atoms with van der Waals surface area (Å²) >= 11 is 0. The van der Waals surface area contributed by atoms with E-state index in [1.807, 2.05) is 6.08 Å². The summed E-state index contributed by atoms with van der Waals surface area (Å²) in [5, 5.41) is 12.6. The quantitative estimate of drug-likeness (QED) is 0.516. The van der Waals surface area contributed by atoms with Gasteiger partial charge in [0.15, 0.2) is 0 Å². The molecule has 0 aromatic carbocycles.